The molecule has 0 radical (unpaired) electrons. The number of likely N-dealkylation sites (tertiary alicyclic amines) is 1. The lowest BCUT2D eigenvalue weighted by Crippen LogP contribution is -2.38. The van der Waals surface area contributed by atoms with Gasteiger partial charge in [0, 0.05) is 23.5 Å². The van der Waals surface area contributed by atoms with E-state index in [0.29, 0.717) is 23.7 Å². The van der Waals surface area contributed by atoms with E-state index in [0.717, 1.165) is 12.8 Å². The van der Waals surface area contributed by atoms with Crippen molar-refractivity contribution in [2.24, 2.45) is 0 Å². The van der Waals surface area contributed by atoms with Crippen LogP contribution in [0.25, 0.3) is 0 Å². The van der Waals surface area contributed by atoms with Crippen LogP contribution in [0.3, 0.4) is 0 Å². The first-order valence-corrected chi connectivity index (χ1v) is 6.31. The number of hydrogen-bond acceptors (Lipinski definition) is 2. The van der Waals surface area contributed by atoms with Gasteiger partial charge in [-0.2, -0.15) is 0 Å². The minimum Gasteiger partial charge on any atom is -0.507 e. The van der Waals surface area contributed by atoms with E-state index < -0.39 is 0 Å². The van der Waals surface area contributed by atoms with Crippen LogP contribution in [0, 0.1) is 0 Å². The molecule has 5 heteroatoms. The SMILES string of the molecule is O=C(c1ccc(Cl)cc1O)N1CCC(Cl)CC1. The van der Waals surface area contributed by atoms with Crippen molar-refractivity contribution in [3.8, 4) is 5.75 Å². The van der Waals surface area contributed by atoms with Gasteiger partial charge in [0.1, 0.15) is 5.75 Å². The fourth-order valence-electron chi connectivity index (χ4n) is 1.91. The number of phenolic OH excluding ortho intramolecular Hbond substituents is 1. The maximum absolute atomic E-state index is 12.1. The van der Waals surface area contributed by atoms with E-state index in [9.17, 15) is 9.90 Å². The Labute approximate surface area is 110 Å². The highest BCUT2D eigenvalue weighted by Crippen LogP contribution is 2.25. The van der Waals surface area contributed by atoms with Crippen molar-refractivity contribution in [2.75, 3.05) is 13.1 Å². The summed E-state index contributed by atoms with van der Waals surface area (Å²) in [4.78, 5) is 13.8. The van der Waals surface area contributed by atoms with Gasteiger partial charge in [-0.3, -0.25) is 4.79 Å². The van der Waals surface area contributed by atoms with Gasteiger partial charge >= 0.3 is 0 Å². The maximum Gasteiger partial charge on any atom is 0.257 e. The molecule has 0 atom stereocenters. The van der Waals surface area contributed by atoms with Crippen LogP contribution in [0.2, 0.25) is 5.02 Å². The quantitative estimate of drug-likeness (QED) is 0.800. The zero-order chi connectivity index (χ0) is 12.4. The molecule has 0 spiro atoms. The van der Waals surface area contributed by atoms with Crippen molar-refractivity contribution < 1.29 is 9.90 Å². The number of nitrogens with zero attached hydrogens (tertiary/aromatic N) is 1. The average Bonchev–Trinajstić information content (AvgIpc) is 2.29. The van der Waals surface area contributed by atoms with Gasteiger partial charge in [-0.15, -0.1) is 11.6 Å². The number of amides is 1. The Morgan fingerprint density at radius 2 is 2.00 bits per heavy atom. The molecule has 0 unspecified atom stereocenters. The molecule has 1 N–H and O–H groups in total. The van der Waals surface area contributed by atoms with Crippen molar-refractivity contribution in [2.45, 2.75) is 18.2 Å². The summed E-state index contributed by atoms with van der Waals surface area (Å²) in [5.74, 6) is -0.238. The van der Waals surface area contributed by atoms with Crippen LogP contribution in [0.5, 0.6) is 5.75 Å². The van der Waals surface area contributed by atoms with E-state index in [-0.39, 0.29) is 17.0 Å². The minimum absolute atomic E-state index is 0.0736. The van der Waals surface area contributed by atoms with Gasteiger partial charge in [0.05, 0.1) is 5.56 Å². The van der Waals surface area contributed by atoms with Gasteiger partial charge in [0.15, 0.2) is 0 Å². The summed E-state index contributed by atoms with van der Waals surface area (Å²) in [7, 11) is 0. The van der Waals surface area contributed by atoms with E-state index in [2.05, 4.69) is 0 Å². The summed E-state index contributed by atoms with van der Waals surface area (Å²) in [6.45, 7) is 1.27. The van der Waals surface area contributed by atoms with Crippen molar-refractivity contribution in [1.82, 2.24) is 4.90 Å². The topological polar surface area (TPSA) is 40.5 Å². The molecule has 0 saturated carbocycles. The fraction of sp³-hybridized carbons (Fsp3) is 0.417. The lowest BCUT2D eigenvalue weighted by atomic mass is 10.1. The van der Waals surface area contributed by atoms with Crippen molar-refractivity contribution in [1.29, 1.82) is 0 Å². The number of piperidine rings is 1. The molecule has 3 nitrogen and oxygen atoms in total. The van der Waals surface area contributed by atoms with E-state index in [1.807, 2.05) is 0 Å². The molecule has 1 heterocycles. The summed E-state index contributed by atoms with van der Waals surface area (Å²) in [6.07, 6.45) is 1.59. The first-order valence-electron chi connectivity index (χ1n) is 5.50. The molecule has 1 aromatic carbocycles. The molecule has 1 aliphatic heterocycles. The van der Waals surface area contributed by atoms with E-state index >= 15 is 0 Å². The number of carbonyl (C=O) groups is 1. The monoisotopic (exact) mass is 273 g/mol. The minimum atomic E-state index is -0.164. The Balaban J connectivity index is 2.14. The molecule has 1 aliphatic rings. The van der Waals surface area contributed by atoms with Gasteiger partial charge < -0.3 is 10.0 Å². The van der Waals surface area contributed by atoms with Gasteiger partial charge in [-0.05, 0) is 31.0 Å². The maximum atomic E-state index is 12.1. The molecule has 92 valence electrons. The van der Waals surface area contributed by atoms with Crippen LogP contribution in [-0.4, -0.2) is 34.4 Å². The predicted molar refractivity (Wildman–Crippen MR) is 67.9 cm³/mol. The summed E-state index contributed by atoms with van der Waals surface area (Å²) in [6, 6.07) is 4.53. The first-order chi connectivity index (χ1) is 8.08. The second kappa shape index (κ2) is 5.15. The summed E-state index contributed by atoms with van der Waals surface area (Å²) in [5.41, 5.74) is 0.294. The van der Waals surface area contributed by atoms with Crippen LogP contribution in [-0.2, 0) is 0 Å². The van der Waals surface area contributed by atoms with E-state index in [1.54, 1.807) is 17.0 Å². The Morgan fingerprint density at radius 1 is 1.35 bits per heavy atom. The Kier molecular flexibility index (Phi) is 3.79. The van der Waals surface area contributed by atoms with E-state index in [1.165, 1.54) is 6.07 Å². The largest absolute Gasteiger partial charge is 0.507 e. The molecule has 2 rings (SSSR count). The van der Waals surface area contributed by atoms with Crippen LogP contribution in [0.1, 0.15) is 23.2 Å². The van der Waals surface area contributed by atoms with E-state index in [4.69, 9.17) is 23.2 Å². The number of halogens is 2. The van der Waals surface area contributed by atoms with Crippen molar-refractivity contribution in [3.05, 3.63) is 28.8 Å². The van der Waals surface area contributed by atoms with Crippen LogP contribution < -0.4 is 0 Å². The number of hydrogen-bond donors (Lipinski definition) is 1. The van der Waals surface area contributed by atoms with Crippen LogP contribution in [0.4, 0.5) is 0 Å². The number of benzene rings is 1. The number of rotatable bonds is 1. The molecule has 1 amide bonds. The second-order valence-corrected chi connectivity index (χ2v) is 5.18. The molecule has 1 saturated heterocycles. The Bertz CT molecular complexity index is 429. The van der Waals surface area contributed by atoms with Crippen LogP contribution >= 0.6 is 23.2 Å². The highest BCUT2D eigenvalue weighted by molar-refractivity contribution is 6.30. The number of phenols is 1. The standard InChI is InChI=1S/C12H13Cl2NO2/c13-8-3-5-15(6-4-8)12(17)10-2-1-9(14)7-11(10)16/h1-2,7-8,16H,3-6H2. The number of carbonyl (C=O) groups excluding carboxylic acids is 1. The van der Waals surface area contributed by atoms with Gasteiger partial charge in [-0.25, -0.2) is 0 Å². The highest BCUT2D eigenvalue weighted by atomic mass is 35.5. The molecular weight excluding hydrogens is 261 g/mol. The lowest BCUT2D eigenvalue weighted by molar-refractivity contribution is 0.0723. The van der Waals surface area contributed by atoms with Crippen LogP contribution in [0.15, 0.2) is 18.2 Å². The van der Waals surface area contributed by atoms with Gasteiger partial charge in [0.25, 0.3) is 5.91 Å². The normalized spacial score (nSPS) is 17.2. The summed E-state index contributed by atoms with van der Waals surface area (Å²) >= 11 is 11.7. The second-order valence-electron chi connectivity index (χ2n) is 4.13. The Morgan fingerprint density at radius 3 is 2.59 bits per heavy atom. The van der Waals surface area contributed by atoms with Gasteiger partial charge in [0.2, 0.25) is 0 Å². The molecule has 0 bridgehead atoms. The van der Waals surface area contributed by atoms with Gasteiger partial charge in [-0.1, -0.05) is 11.6 Å². The molecule has 1 aromatic rings. The number of alkyl halides is 1. The Hall–Kier alpha value is -0.930. The predicted octanol–water partition coefficient (Wildman–Crippen LogP) is 2.89. The van der Waals surface area contributed by atoms with Crippen molar-refractivity contribution >= 4 is 29.1 Å². The first kappa shape index (κ1) is 12.5. The summed E-state index contributed by atoms with van der Waals surface area (Å²) in [5, 5.41) is 10.3. The lowest BCUT2D eigenvalue weighted by Gasteiger charge is -2.29. The molecule has 17 heavy (non-hydrogen) atoms. The molecule has 0 aliphatic carbocycles. The smallest absolute Gasteiger partial charge is 0.257 e. The molecular formula is C12H13Cl2NO2. The molecule has 0 aromatic heterocycles. The zero-order valence-corrected chi connectivity index (χ0v) is 10.7. The average molecular weight is 274 g/mol. The summed E-state index contributed by atoms with van der Waals surface area (Å²) < 4.78 is 0. The third-order valence-corrected chi connectivity index (χ3v) is 3.57. The molecule has 1 fully saturated rings. The highest BCUT2D eigenvalue weighted by Gasteiger charge is 2.24. The third-order valence-electron chi connectivity index (χ3n) is 2.90. The number of aromatic hydroxyl groups is 1. The van der Waals surface area contributed by atoms with Crippen molar-refractivity contribution in [3.63, 3.8) is 0 Å². The zero-order valence-electron chi connectivity index (χ0n) is 9.20. The fourth-order valence-corrected chi connectivity index (χ4v) is 2.27. The third kappa shape index (κ3) is 2.85.